The first kappa shape index (κ1) is 13.5. The van der Waals surface area contributed by atoms with Crippen LogP contribution in [0.3, 0.4) is 0 Å². The molecule has 1 heterocycles. The van der Waals surface area contributed by atoms with Gasteiger partial charge in [0.15, 0.2) is 0 Å². The van der Waals surface area contributed by atoms with Gasteiger partial charge < -0.3 is 5.11 Å². The molecule has 3 heteroatoms. The van der Waals surface area contributed by atoms with Crippen molar-refractivity contribution in [2.45, 2.75) is 45.6 Å². The average Bonchev–Trinajstić information content (AvgIpc) is 2.25. The van der Waals surface area contributed by atoms with Gasteiger partial charge in [-0.3, -0.25) is 0 Å². The van der Waals surface area contributed by atoms with Crippen LogP contribution >= 0.6 is 23.5 Å². The van der Waals surface area contributed by atoms with E-state index >= 15 is 0 Å². The Labute approximate surface area is 102 Å². The van der Waals surface area contributed by atoms with Crippen molar-refractivity contribution in [3.8, 4) is 0 Å². The lowest BCUT2D eigenvalue weighted by Crippen LogP contribution is -2.13. The summed E-state index contributed by atoms with van der Waals surface area (Å²) in [4.78, 5) is 0. The van der Waals surface area contributed by atoms with Crippen LogP contribution < -0.4 is 0 Å². The summed E-state index contributed by atoms with van der Waals surface area (Å²) < 4.78 is 1.50. The van der Waals surface area contributed by atoms with Gasteiger partial charge in [-0.25, -0.2) is 0 Å². The molecule has 0 aromatic rings. The summed E-state index contributed by atoms with van der Waals surface area (Å²) in [5.41, 5.74) is 0. The maximum Gasteiger partial charge on any atom is 0.0563 e. The molecule has 0 aromatic carbocycles. The number of aliphatic hydroxyl groups excluding tert-OH is 1. The zero-order valence-corrected chi connectivity index (χ0v) is 11.4. The van der Waals surface area contributed by atoms with Crippen LogP contribution in [0.15, 0.2) is 10.3 Å². The maximum atomic E-state index is 9.63. The van der Waals surface area contributed by atoms with E-state index in [1.54, 1.807) is 0 Å². The van der Waals surface area contributed by atoms with E-state index in [0.717, 1.165) is 19.3 Å². The molecule has 1 aliphatic heterocycles. The van der Waals surface area contributed by atoms with E-state index in [1.807, 2.05) is 23.5 Å². The van der Waals surface area contributed by atoms with Gasteiger partial charge >= 0.3 is 0 Å². The number of aliphatic hydroxyl groups is 1. The van der Waals surface area contributed by atoms with E-state index in [0.29, 0.717) is 5.92 Å². The highest BCUT2D eigenvalue weighted by Crippen LogP contribution is 2.34. The SMILES string of the molecule is CC(C)C(O)CCCC=C1SCCCS1. The second kappa shape index (κ2) is 7.64. The first-order chi connectivity index (χ1) is 7.20. The minimum atomic E-state index is -0.116. The van der Waals surface area contributed by atoms with Crippen LogP contribution in [-0.4, -0.2) is 22.7 Å². The Morgan fingerprint density at radius 1 is 1.33 bits per heavy atom. The zero-order chi connectivity index (χ0) is 11.1. The van der Waals surface area contributed by atoms with Crippen molar-refractivity contribution in [1.82, 2.24) is 0 Å². The quantitative estimate of drug-likeness (QED) is 0.743. The van der Waals surface area contributed by atoms with E-state index in [4.69, 9.17) is 0 Å². The predicted molar refractivity (Wildman–Crippen MR) is 72.3 cm³/mol. The number of thioether (sulfide) groups is 2. The van der Waals surface area contributed by atoms with Crippen molar-refractivity contribution in [2.75, 3.05) is 11.5 Å². The second-order valence-corrected chi connectivity index (χ2v) is 6.85. The maximum absolute atomic E-state index is 9.63. The standard InChI is InChI=1S/C12H22OS2/c1-10(2)11(13)6-3-4-7-12-14-8-5-9-15-12/h7,10-11,13H,3-6,8-9H2,1-2H3. The largest absolute Gasteiger partial charge is 0.393 e. The molecular weight excluding hydrogens is 224 g/mol. The molecule has 0 aromatic heterocycles. The van der Waals surface area contributed by atoms with Gasteiger partial charge in [-0.2, -0.15) is 0 Å². The molecule has 1 N–H and O–H groups in total. The summed E-state index contributed by atoms with van der Waals surface area (Å²) in [7, 11) is 0. The molecule has 0 saturated carbocycles. The summed E-state index contributed by atoms with van der Waals surface area (Å²) in [6.07, 6.45) is 6.76. The fourth-order valence-electron chi connectivity index (χ4n) is 1.44. The highest BCUT2D eigenvalue weighted by molar-refractivity contribution is 8.22. The van der Waals surface area contributed by atoms with Crippen molar-refractivity contribution < 1.29 is 5.11 Å². The van der Waals surface area contributed by atoms with Gasteiger partial charge in [-0.15, -0.1) is 23.5 Å². The lowest BCUT2D eigenvalue weighted by Gasteiger charge is -2.14. The monoisotopic (exact) mass is 246 g/mol. The highest BCUT2D eigenvalue weighted by Gasteiger charge is 2.08. The van der Waals surface area contributed by atoms with Crippen LogP contribution in [0.1, 0.15) is 39.5 Å². The topological polar surface area (TPSA) is 20.2 Å². The Kier molecular flexibility index (Phi) is 6.86. The van der Waals surface area contributed by atoms with Gasteiger partial charge in [-0.05, 0) is 43.1 Å². The van der Waals surface area contributed by atoms with Gasteiger partial charge in [0.2, 0.25) is 0 Å². The summed E-state index contributed by atoms with van der Waals surface area (Å²) >= 11 is 3.98. The van der Waals surface area contributed by atoms with E-state index in [9.17, 15) is 5.11 Å². The van der Waals surface area contributed by atoms with Crippen LogP contribution in [0.4, 0.5) is 0 Å². The van der Waals surface area contributed by atoms with Gasteiger partial charge in [0.05, 0.1) is 6.10 Å². The smallest absolute Gasteiger partial charge is 0.0563 e. The van der Waals surface area contributed by atoms with Gasteiger partial charge in [0.25, 0.3) is 0 Å². The van der Waals surface area contributed by atoms with Crippen LogP contribution in [0.25, 0.3) is 0 Å². The predicted octanol–water partition coefficient (Wildman–Crippen LogP) is 3.89. The molecule has 88 valence electrons. The third-order valence-electron chi connectivity index (χ3n) is 2.56. The van der Waals surface area contributed by atoms with E-state index in [-0.39, 0.29) is 6.10 Å². The van der Waals surface area contributed by atoms with E-state index < -0.39 is 0 Å². The Hall–Kier alpha value is 0.400. The highest BCUT2D eigenvalue weighted by atomic mass is 32.2. The van der Waals surface area contributed by atoms with Gasteiger partial charge in [0.1, 0.15) is 0 Å². The minimum Gasteiger partial charge on any atom is -0.393 e. The van der Waals surface area contributed by atoms with Crippen LogP contribution in [-0.2, 0) is 0 Å². The Morgan fingerprint density at radius 2 is 2.00 bits per heavy atom. The summed E-state index contributed by atoms with van der Waals surface area (Å²) in [5, 5.41) is 9.63. The van der Waals surface area contributed by atoms with Gasteiger partial charge in [-0.1, -0.05) is 19.9 Å². The molecule has 0 radical (unpaired) electrons. The molecule has 1 fully saturated rings. The molecule has 0 aliphatic carbocycles. The third-order valence-corrected chi connectivity index (χ3v) is 5.16. The second-order valence-electron chi connectivity index (χ2n) is 4.32. The molecule has 0 spiro atoms. The van der Waals surface area contributed by atoms with Crippen molar-refractivity contribution >= 4 is 23.5 Å². The zero-order valence-electron chi connectivity index (χ0n) is 9.74. The number of allylic oxidation sites excluding steroid dienone is 1. The van der Waals surface area contributed by atoms with Crippen molar-refractivity contribution in [3.05, 3.63) is 10.3 Å². The number of hydrogen-bond acceptors (Lipinski definition) is 3. The van der Waals surface area contributed by atoms with E-state index in [1.165, 1.54) is 22.2 Å². The first-order valence-electron chi connectivity index (χ1n) is 5.84. The lowest BCUT2D eigenvalue weighted by molar-refractivity contribution is 0.114. The molecule has 1 aliphatic rings. The molecular formula is C12H22OS2. The molecule has 1 saturated heterocycles. The average molecular weight is 246 g/mol. The summed E-state index contributed by atoms with van der Waals surface area (Å²) in [6.45, 7) is 4.16. The molecule has 1 nitrogen and oxygen atoms in total. The number of hydrogen-bond donors (Lipinski definition) is 1. The molecule has 1 rings (SSSR count). The van der Waals surface area contributed by atoms with Crippen LogP contribution in [0.2, 0.25) is 0 Å². The Morgan fingerprint density at radius 3 is 2.60 bits per heavy atom. The normalized spacial score (nSPS) is 19.3. The molecule has 15 heavy (non-hydrogen) atoms. The van der Waals surface area contributed by atoms with Crippen LogP contribution in [0, 0.1) is 5.92 Å². The third kappa shape index (κ3) is 5.88. The first-order valence-corrected chi connectivity index (χ1v) is 7.81. The fraction of sp³-hybridized carbons (Fsp3) is 0.833. The molecule has 0 bridgehead atoms. The summed E-state index contributed by atoms with van der Waals surface area (Å²) in [5.74, 6) is 2.97. The van der Waals surface area contributed by atoms with Crippen molar-refractivity contribution in [3.63, 3.8) is 0 Å². The Bertz CT molecular complexity index is 194. The number of rotatable bonds is 5. The minimum absolute atomic E-state index is 0.116. The Balaban J connectivity index is 2.09. The lowest BCUT2D eigenvalue weighted by atomic mass is 10.0. The fourth-order valence-corrected chi connectivity index (χ4v) is 3.91. The molecule has 0 amide bonds. The number of unbranched alkanes of at least 4 members (excludes halogenated alkanes) is 1. The van der Waals surface area contributed by atoms with E-state index in [2.05, 4.69) is 19.9 Å². The van der Waals surface area contributed by atoms with Crippen molar-refractivity contribution in [1.29, 1.82) is 0 Å². The van der Waals surface area contributed by atoms with Crippen LogP contribution in [0.5, 0.6) is 0 Å². The molecule has 1 atom stereocenters. The van der Waals surface area contributed by atoms with Gasteiger partial charge in [0, 0.05) is 4.24 Å². The summed E-state index contributed by atoms with van der Waals surface area (Å²) in [6, 6.07) is 0. The van der Waals surface area contributed by atoms with Crippen molar-refractivity contribution in [2.24, 2.45) is 5.92 Å². The molecule has 1 unspecified atom stereocenters.